The van der Waals surface area contributed by atoms with Crippen molar-refractivity contribution in [2.24, 2.45) is 0 Å². The van der Waals surface area contributed by atoms with Gasteiger partial charge in [-0.1, -0.05) is 36.4 Å². The second-order valence-electron chi connectivity index (χ2n) is 6.20. The lowest BCUT2D eigenvalue weighted by Gasteiger charge is -2.13. The minimum absolute atomic E-state index is 0.125. The lowest BCUT2D eigenvalue weighted by Crippen LogP contribution is -2.26. The number of furan rings is 1. The lowest BCUT2D eigenvalue weighted by molar-refractivity contribution is 0.0913. The number of amides is 1. The van der Waals surface area contributed by atoms with Crippen LogP contribution in [0.25, 0.3) is 21.7 Å². The minimum Gasteiger partial charge on any atom is -0.450 e. The van der Waals surface area contributed by atoms with Crippen molar-refractivity contribution >= 4 is 27.6 Å². The Labute approximate surface area is 145 Å². The largest absolute Gasteiger partial charge is 0.450 e. The molecule has 0 aliphatic rings. The average Bonchev–Trinajstić information content (AvgIpc) is 3.00. The summed E-state index contributed by atoms with van der Waals surface area (Å²) in [4.78, 5) is 16.7. The molecular formula is C21H18N2O2. The molecule has 4 rings (SSSR count). The first-order valence-corrected chi connectivity index (χ1v) is 8.27. The molecule has 1 unspecified atom stereocenters. The van der Waals surface area contributed by atoms with Gasteiger partial charge in [-0.25, -0.2) is 0 Å². The van der Waals surface area contributed by atoms with Crippen LogP contribution in [0.3, 0.4) is 0 Å². The molecular weight excluding hydrogens is 312 g/mol. The third kappa shape index (κ3) is 2.66. The molecule has 2 aromatic heterocycles. The zero-order valence-corrected chi connectivity index (χ0v) is 14.1. The summed E-state index contributed by atoms with van der Waals surface area (Å²) in [6, 6.07) is 15.8. The highest BCUT2D eigenvalue weighted by Crippen LogP contribution is 2.31. The van der Waals surface area contributed by atoms with Gasteiger partial charge in [-0.3, -0.25) is 9.78 Å². The second kappa shape index (κ2) is 6.06. The minimum atomic E-state index is -0.206. The number of benzene rings is 2. The van der Waals surface area contributed by atoms with Gasteiger partial charge >= 0.3 is 0 Å². The summed E-state index contributed by atoms with van der Waals surface area (Å²) in [6.07, 6.45) is 3.44. The Morgan fingerprint density at radius 1 is 1.04 bits per heavy atom. The Kier molecular flexibility index (Phi) is 3.73. The van der Waals surface area contributed by atoms with Crippen molar-refractivity contribution in [3.63, 3.8) is 0 Å². The number of aryl methyl sites for hydroxylation is 1. The summed E-state index contributed by atoms with van der Waals surface area (Å²) < 4.78 is 5.99. The monoisotopic (exact) mass is 330 g/mol. The number of nitrogens with zero attached hydrogens (tertiary/aromatic N) is 1. The topological polar surface area (TPSA) is 55.1 Å². The molecule has 0 aliphatic heterocycles. The molecule has 1 amide bonds. The molecule has 0 radical (unpaired) electrons. The van der Waals surface area contributed by atoms with Gasteiger partial charge < -0.3 is 9.73 Å². The van der Waals surface area contributed by atoms with Gasteiger partial charge in [0.1, 0.15) is 5.58 Å². The van der Waals surface area contributed by atoms with Crippen LogP contribution in [0, 0.1) is 6.92 Å². The van der Waals surface area contributed by atoms with E-state index in [0.29, 0.717) is 5.76 Å². The summed E-state index contributed by atoms with van der Waals surface area (Å²) in [6.45, 7) is 3.87. The summed E-state index contributed by atoms with van der Waals surface area (Å²) >= 11 is 0. The average molecular weight is 330 g/mol. The van der Waals surface area contributed by atoms with Crippen molar-refractivity contribution in [1.82, 2.24) is 10.3 Å². The molecule has 4 aromatic rings. The molecule has 1 atom stereocenters. The Morgan fingerprint density at radius 3 is 2.60 bits per heavy atom. The number of hydrogen-bond donors (Lipinski definition) is 1. The Balaban J connectivity index is 1.72. The molecule has 1 N–H and O–H groups in total. The van der Waals surface area contributed by atoms with E-state index in [4.69, 9.17) is 4.42 Å². The molecule has 0 spiro atoms. The predicted molar refractivity (Wildman–Crippen MR) is 98.6 cm³/mol. The molecule has 2 aromatic carbocycles. The van der Waals surface area contributed by atoms with Crippen LogP contribution < -0.4 is 5.32 Å². The first-order valence-electron chi connectivity index (χ1n) is 8.27. The van der Waals surface area contributed by atoms with Crippen molar-refractivity contribution in [2.45, 2.75) is 19.9 Å². The van der Waals surface area contributed by atoms with E-state index in [2.05, 4.69) is 16.4 Å². The first-order chi connectivity index (χ1) is 12.1. The fraction of sp³-hybridized carbons (Fsp3) is 0.143. The molecule has 0 bridgehead atoms. The third-order valence-corrected chi connectivity index (χ3v) is 4.59. The van der Waals surface area contributed by atoms with Gasteiger partial charge in [0.2, 0.25) is 0 Å². The van der Waals surface area contributed by atoms with E-state index in [-0.39, 0.29) is 11.9 Å². The van der Waals surface area contributed by atoms with E-state index in [1.54, 1.807) is 12.4 Å². The smallest absolute Gasteiger partial charge is 0.287 e. The Morgan fingerprint density at radius 2 is 1.80 bits per heavy atom. The highest BCUT2D eigenvalue weighted by molar-refractivity contribution is 6.08. The highest BCUT2D eigenvalue weighted by Gasteiger charge is 2.20. The second-order valence-corrected chi connectivity index (χ2v) is 6.20. The number of carbonyl (C=O) groups is 1. The van der Waals surface area contributed by atoms with Gasteiger partial charge in [-0.2, -0.15) is 0 Å². The summed E-state index contributed by atoms with van der Waals surface area (Å²) in [7, 11) is 0. The van der Waals surface area contributed by atoms with E-state index in [9.17, 15) is 4.79 Å². The van der Waals surface area contributed by atoms with Crippen LogP contribution in [0.2, 0.25) is 0 Å². The zero-order chi connectivity index (χ0) is 17.4. The fourth-order valence-electron chi connectivity index (χ4n) is 3.16. The van der Waals surface area contributed by atoms with Crippen molar-refractivity contribution in [1.29, 1.82) is 0 Å². The first kappa shape index (κ1) is 15.4. The Bertz CT molecular complexity index is 1070. The molecule has 0 saturated carbocycles. The van der Waals surface area contributed by atoms with Crippen LogP contribution in [-0.4, -0.2) is 10.9 Å². The molecule has 0 aliphatic carbocycles. The number of carbonyl (C=O) groups excluding carboxylic acids is 1. The van der Waals surface area contributed by atoms with E-state index in [1.807, 2.05) is 56.3 Å². The van der Waals surface area contributed by atoms with E-state index < -0.39 is 0 Å². The molecule has 124 valence electrons. The summed E-state index contributed by atoms with van der Waals surface area (Å²) in [5.74, 6) is 0.161. The van der Waals surface area contributed by atoms with Gasteiger partial charge in [-0.15, -0.1) is 0 Å². The summed E-state index contributed by atoms with van der Waals surface area (Å²) in [5.41, 5.74) is 2.63. The molecule has 4 heteroatoms. The standard InChI is InChI=1S/C21H18N2O2/c1-13-17-8-7-16-5-3-4-6-18(16)20(17)25-19(13)21(24)23-14(2)15-9-11-22-12-10-15/h3-12,14H,1-2H3,(H,23,24). The molecule has 25 heavy (non-hydrogen) atoms. The summed E-state index contributed by atoms with van der Waals surface area (Å²) in [5, 5.41) is 6.09. The maximum atomic E-state index is 12.7. The normalized spacial score (nSPS) is 12.4. The van der Waals surface area contributed by atoms with Gasteiger partial charge in [0.05, 0.1) is 6.04 Å². The van der Waals surface area contributed by atoms with Crippen LogP contribution in [0.4, 0.5) is 0 Å². The predicted octanol–water partition coefficient (Wildman–Crippen LogP) is 4.78. The number of pyridine rings is 1. The molecule has 4 nitrogen and oxygen atoms in total. The van der Waals surface area contributed by atoms with Gasteiger partial charge in [0, 0.05) is 28.7 Å². The van der Waals surface area contributed by atoms with Gasteiger partial charge in [0.25, 0.3) is 5.91 Å². The number of hydrogen-bond acceptors (Lipinski definition) is 3. The quantitative estimate of drug-likeness (QED) is 0.588. The van der Waals surface area contributed by atoms with Crippen molar-refractivity contribution < 1.29 is 9.21 Å². The van der Waals surface area contributed by atoms with Gasteiger partial charge in [0.15, 0.2) is 5.76 Å². The van der Waals surface area contributed by atoms with E-state index in [1.165, 1.54) is 0 Å². The van der Waals surface area contributed by atoms with Crippen molar-refractivity contribution in [3.05, 3.63) is 77.8 Å². The van der Waals surface area contributed by atoms with Crippen molar-refractivity contribution in [2.75, 3.05) is 0 Å². The zero-order valence-electron chi connectivity index (χ0n) is 14.1. The van der Waals surface area contributed by atoms with Crippen LogP contribution in [0.5, 0.6) is 0 Å². The van der Waals surface area contributed by atoms with Crippen LogP contribution in [0.1, 0.15) is 34.6 Å². The number of aromatic nitrogens is 1. The number of fused-ring (bicyclic) bond motifs is 3. The maximum Gasteiger partial charge on any atom is 0.287 e. The lowest BCUT2D eigenvalue weighted by atomic mass is 10.1. The number of nitrogens with one attached hydrogen (secondary N) is 1. The SMILES string of the molecule is Cc1c(C(=O)NC(C)c2ccncc2)oc2c1ccc1ccccc12. The fourth-order valence-corrected chi connectivity index (χ4v) is 3.16. The third-order valence-electron chi connectivity index (χ3n) is 4.59. The van der Waals surface area contributed by atoms with Crippen LogP contribution in [-0.2, 0) is 0 Å². The number of rotatable bonds is 3. The Hall–Kier alpha value is -3.14. The van der Waals surface area contributed by atoms with E-state index >= 15 is 0 Å². The van der Waals surface area contributed by atoms with Crippen molar-refractivity contribution in [3.8, 4) is 0 Å². The maximum absolute atomic E-state index is 12.7. The van der Waals surface area contributed by atoms with Crippen LogP contribution >= 0.6 is 0 Å². The highest BCUT2D eigenvalue weighted by atomic mass is 16.3. The molecule has 0 fully saturated rings. The van der Waals surface area contributed by atoms with E-state index in [0.717, 1.165) is 32.9 Å². The van der Waals surface area contributed by atoms with Crippen LogP contribution in [0.15, 0.2) is 65.3 Å². The molecule has 2 heterocycles. The van der Waals surface area contributed by atoms with Gasteiger partial charge in [-0.05, 0) is 36.9 Å². The molecule has 0 saturated heterocycles.